The van der Waals surface area contributed by atoms with Crippen molar-refractivity contribution in [2.24, 2.45) is 0 Å². The van der Waals surface area contributed by atoms with Crippen LogP contribution in [0, 0.1) is 0 Å². The van der Waals surface area contributed by atoms with Crippen LogP contribution in [0.2, 0.25) is 0 Å². The van der Waals surface area contributed by atoms with Crippen molar-refractivity contribution >= 4 is 5.97 Å². The Morgan fingerprint density at radius 2 is 1.67 bits per heavy atom. The zero-order valence-electron chi connectivity index (χ0n) is 15.7. The zero-order valence-corrected chi connectivity index (χ0v) is 15.7. The molecule has 3 N–H and O–H groups in total. The van der Waals surface area contributed by atoms with Crippen LogP contribution in [0.4, 0.5) is 0 Å². The molecule has 24 heavy (non-hydrogen) atoms. The van der Waals surface area contributed by atoms with E-state index in [1.807, 2.05) is 11.8 Å². The molecule has 2 atom stereocenters. The summed E-state index contributed by atoms with van der Waals surface area (Å²) in [5, 5.41) is 22.7. The van der Waals surface area contributed by atoms with E-state index in [2.05, 4.69) is 12.2 Å². The van der Waals surface area contributed by atoms with Crippen LogP contribution >= 0.6 is 0 Å². The Balaban J connectivity index is 2.28. The van der Waals surface area contributed by atoms with Crippen molar-refractivity contribution < 1.29 is 15.0 Å². The summed E-state index contributed by atoms with van der Waals surface area (Å²) in [5.41, 5.74) is -1.13. The van der Waals surface area contributed by atoms with Crippen LogP contribution in [0.15, 0.2) is 0 Å². The monoisotopic (exact) mass is 342 g/mol. The highest BCUT2D eigenvalue weighted by Gasteiger charge is 2.46. The second-order valence-electron chi connectivity index (χ2n) is 7.13. The molecule has 0 aromatic carbocycles. The van der Waals surface area contributed by atoms with Crippen molar-refractivity contribution in [1.82, 2.24) is 10.2 Å². The molecule has 1 aliphatic heterocycles. The molecule has 0 radical (unpaired) electrons. The smallest absolute Gasteiger partial charge is 0.326 e. The Bertz CT molecular complexity index is 346. The maximum Gasteiger partial charge on any atom is 0.326 e. The topological polar surface area (TPSA) is 72.8 Å². The van der Waals surface area contributed by atoms with Crippen molar-refractivity contribution in [2.45, 2.75) is 96.2 Å². The van der Waals surface area contributed by atoms with Gasteiger partial charge in [0.1, 0.15) is 5.54 Å². The highest BCUT2D eigenvalue weighted by Crippen LogP contribution is 2.26. The van der Waals surface area contributed by atoms with Crippen molar-refractivity contribution in [3.05, 3.63) is 0 Å². The van der Waals surface area contributed by atoms with Gasteiger partial charge in [-0.2, -0.15) is 0 Å². The molecular weight excluding hydrogens is 304 g/mol. The van der Waals surface area contributed by atoms with Gasteiger partial charge < -0.3 is 15.5 Å². The van der Waals surface area contributed by atoms with Crippen molar-refractivity contribution in [1.29, 1.82) is 0 Å². The first-order chi connectivity index (χ1) is 11.6. The number of nitrogens with one attached hydrogen (secondary N) is 1. The SMILES string of the molecule is CCCCCCCCCCCC1NCCN1C(CC)(CO)C(=O)O. The molecule has 0 amide bonds. The number of hydrogen-bond donors (Lipinski definition) is 3. The molecule has 0 spiro atoms. The first-order valence-corrected chi connectivity index (χ1v) is 9.96. The lowest BCUT2D eigenvalue weighted by Gasteiger charge is -2.39. The number of nitrogens with zero attached hydrogens (tertiary/aromatic N) is 1. The predicted octanol–water partition coefficient (Wildman–Crippen LogP) is 3.36. The molecular formula is C19H38N2O3. The molecule has 0 aromatic rings. The van der Waals surface area contributed by atoms with E-state index >= 15 is 0 Å². The molecule has 1 fully saturated rings. The fourth-order valence-corrected chi connectivity index (χ4v) is 3.78. The zero-order chi connectivity index (χ0) is 17.8. The number of hydrogen-bond acceptors (Lipinski definition) is 4. The third kappa shape index (κ3) is 6.01. The molecule has 1 rings (SSSR count). The van der Waals surface area contributed by atoms with E-state index in [9.17, 15) is 15.0 Å². The third-order valence-electron chi connectivity index (χ3n) is 5.48. The molecule has 5 nitrogen and oxygen atoms in total. The van der Waals surface area contributed by atoms with Crippen molar-refractivity contribution in [2.75, 3.05) is 19.7 Å². The Morgan fingerprint density at radius 1 is 1.08 bits per heavy atom. The quantitative estimate of drug-likeness (QED) is 0.422. The van der Waals surface area contributed by atoms with Crippen molar-refractivity contribution in [3.8, 4) is 0 Å². The van der Waals surface area contributed by atoms with Crippen LogP contribution < -0.4 is 5.32 Å². The van der Waals surface area contributed by atoms with E-state index in [-0.39, 0.29) is 12.8 Å². The van der Waals surface area contributed by atoms with Gasteiger partial charge in [-0.05, 0) is 12.8 Å². The minimum atomic E-state index is -1.13. The molecule has 1 heterocycles. The highest BCUT2D eigenvalue weighted by molar-refractivity contribution is 5.79. The summed E-state index contributed by atoms with van der Waals surface area (Å²) in [6, 6.07) is 0. The van der Waals surface area contributed by atoms with Gasteiger partial charge in [0.2, 0.25) is 0 Å². The van der Waals surface area contributed by atoms with E-state index in [0.717, 1.165) is 19.4 Å². The number of unbranched alkanes of at least 4 members (excludes halogenated alkanes) is 8. The molecule has 0 aliphatic carbocycles. The Hall–Kier alpha value is -0.650. The first kappa shape index (κ1) is 21.4. The standard InChI is InChI=1S/C19H38N2O3/c1-3-5-6-7-8-9-10-11-12-13-17-20-14-15-21(17)19(4-2,16-22)18(23)24/h17,20,22H,3-16H2,1-2H3,(H,23,24). The van der Waals surface area contributed by atoms with Gasteiger partial charge in [-0.15, -0.1) is 0 Å². The molecule has 0 saturated carbocycles. The molecule has 2 unspecified atom stereocenters. The lowest BCUT2D eigenvalue weighted by atomic mass is 9.93. The molecule has 0 aromatic heterocycles. The van der Waals surface area contributed by atoms with Crippen LogP contribution in [0.5, 0.6) is 0 Å². The van der Waals surface area contributed by atoms with Gasteiger partial charge in [-0.1, -0.05) is 71.6 Å². The molecule has 1 saturated heterocycles. The highest BCUT2D eigenvalue weighted by atomic mass is 16.4. The first-order valence-electron chi connectivity index (χ1n) is 9.96. The van der Waals surface area contributed by atoms with Crippen LogP contribution in [-0.4, -0.2) is 52.5 Å². The lowest BCUT2D eigenvalue weighted by Crippen LogP contribution is -2.59. The summed E-state index contributed by atoms with van der Waals surface area (Å²) in [4.78, 5) is 13.7. The van der Waals surface area contributed by atoms with Crippen LogP contribution in [0.3, 0.4) is 0 Å². The maximum atomic E-state index is 11.7. The lowest BCUT2D eigenvalue weighted by molar-refractivity contribution is -0.156. The second-order valence-corrected chi connectivity index (χ2v) is 7.13. The molecule has 0 bridgehead atoms. The van der Waals surface area contributed by atoms with Crippen molar-refractivity contribution in [3.63, 3.8) is 0 Å². The summed E-state index contributed by atoms with van der Waals surface area (Å²) in [6.45, 7) is 5.27. The molecule has 5 heteroatoms. The minimum Gasteiger partial charge on any atom is -0.480 e. The van der Waals surface area contributed by atoms with Gasteiger partial charge in [-0.3, -0.25) is 9.69 Å². The Kier molecular flexibility index (Phi) is 10.5. The molecule has 142 valence electrons. The fourth-order valence-electron chi connectivity index (χ4n) is 3.78. The average molecular weight is 343 g/mol. The number of carboxylic acid groups (broad SMARTS) is 1. The number of aliphatic hydroxyl groups excluding tert-OH is 1. The Labute approximate surface area is 147 Å². The van der Waals surface area contributed by atoms with Crippen LogP contribution in [0.1, 0.15) is 84.5 Å². The number of aliphatic hydroxyl groups is 1. The largest absolute Gasteiger partial charge is 0.480 e. The van der Waals surface area contributed by atoms with Crippen LogP contribution in [-0.2, 0) is 4.79 Å². The number of carboxylic acids is 1. The summed E-state index contributed by atoms with van der Waals surface area (Å²) >= 11 is 0. The number of carbonyl (C=O) groups is 1. The normalized spacial score (nSPS) is 21.0. The van der Waals surface area contributed by atoms with E-state index in [1.165, 1.54) is 51.4 Å². The minimum absolute atomic E-state index is 0.0813. The third-order valence-corrected chi connectivity index (χ3v) is 5.48. The van der Waals surface area contributed by atoms with Gasteiger partial charge >= 0.3 is 5.97 Å². The Morgan fingerprint density at radius 3 is 2.17 bits per heavy atom. The van der Waals surface area contributed by atoms with Crippen LogP contribution in [0.25, 0.3) is 0 Å². The van der Waals surface area contributed by atoms with Gasteiger partial charge in [0, 0.05) is 13.1 Å². The summed E-state index contributed by atoms with van der Waals surface area (Å²) in [7, 11) is 0. The van der Waals surface area contributed by atoms with E-state index in [4.69, 9.17) is 0 Å². The summed E-state index contributed by atoms with van der Waals surface area (Å²) < 4.78 is 0. The van der Waals surface area contributed by atoms with E-state index in [1.54, 1.807) is 0 Å². The van der Waals surface area contributed by atoms with E-state index in [0.29, 0.717) is 13.0 Å². The van der Waals surface area contributed by atoms with Gasteiger partial charge in [-0.25, -0.2) is 0 Å². The summed E-state index contributed by atoms with van der Waals surface area (Å²) in [5.74, 6) is -0.909. The number of rotatable bonds is 14. The van der Waals surface area contributed by atoms with Gasteiger partial charge in [0.15, 0.2) is 0 Å². The number of aliphatic carboxylic acids is 1. The van der Waals surface area contributed by atoms with E-state index < -0.39 is 11.5 Å². The van der Waals surface area contributed by atoms with Gasteiger partial charge in [0.25, 0.3) is 0 Å². The second kappa shape index (κ2) is 11.8. The fraction of sp³-hybridized carbons (Fsp3) is 0.947. The average Bonchev–Trinajstić information content (AvgIpc) is 3.04. The predicted molar refractivity (Wildman–Crippen MR) is 98.1 cm³/mol. The summed E-state index contributed by atoms with van der Waals surface area (Å²) in [6.07, 6.45) is 13.1. The molecule has 1 aliphatic rings. The van der Waals surface area contributed by atoms with Gasteiger partial charge in [0.05, 0.1) is 12.8 Å². The maximum absolute atomic E-state index is 11.7.